The van der Waals surface area contributed by atoms with Crippen molar-refractivity contribution in [1.29, 1.82) is 0 Å². The van der Waals surface area contributed by atoms with Gasteiger partial charge in [0.05, 0.1) is 4.92 Å². The molecular weight excluding hydrogens is 416 g/mol. The van der Waals surface area contributed by atoms with Gasteiger partial charge in [0, 0.05) is 34.6 Å². The van der Waals surface area contributed by atoms with E-state index in [1.54, 1.807) is 36.4 Å². The average Bonchev–Trinajstić information content (AvgIpc) is 2.75. The summed E-state index contributed by atoms with van der Waals surface area (Å²) in [6.45, 7) is 1.92. The SMILES string of the molecule is Cc1cccc(C(=O)Nc2ccc(NC(=S)NC(=O)c3ccc([N+](=O)[O-])cc3)cc2)c1. The number of aryl methyl sites for hydroxylation is 1. The van der Waals surface area contributed by atoms with Crippen molar-refractivity contribution < 1.29 is 14.5 Å². The summed E-state index contributed by atoms with van der Waals surface area (Å²) in [4.78, 5) is 34.7. The van der Waals surface area contributed by atoms with Gasteiger partial charge in [-0.3, -0.25) is 25.0 Å². The fourth-order valence-corrected chi connectivity index (χ4v) is 2.91. The van der Waals surface area contributed by atoms with Crippen molar-refractivity contribution in [2.75, 3.05) is 10.6 Å². The lowest BCUT2D eigenvalue weighted by Gasteiger charge is -2.11. The van der Waals surface area contributed by atoms with E-state index in [1.165, 1.54) is 24.3 Å². The molecule has 2 amide bonds. The minimum Gasteiger partial charge on any atom is -0.332 e. The number of amides is 2. The summed E-state index contributed by atoms with van der Waals surface area (Å²) in [5.41, 5.74) is 2.92. The molecular formula is C22H18N4O4S. The van der Waals surface area contributed by atoms with Crippen molar-refractivity contribution in [2.24, 2.45) is 0 Å². The average molecular weight is 434 g/mol. The van der Waals surface area contributed by atoms with Crippen LogP contribution in [0.2, 0.25) is 0 Å². The highest BCUT2D eigenvalue weighted by molar-refractivity contribution is 7.80. The molecule has 31 heavy (non-hydrogen) atoms. The number of nitro groups is 1. The molecule has 3 aromatic carbocycles. The zero-order chi connectivity index (χ0) is 22.4. The van der Waals surface area contributed by atoms with Gasteiger partial charge in [0.15, 0.2) is 5.11 Å². The van der Waals surface area contributed by atoms with E-state index in [0.29, 0.717) is 16.9 Å². The van der Waals surface area contributed by atoms with Crippen molar-refractivity contribution in [3.05, 3.63) is 99.6 Å². The van der Waals surface area contributed by atoms with Gasteiger partial charge in [-0.15, -0.1) is 0 Å². The minimum atomic E-state index is -0.541. The number of carbonyl (C=O) groups excluding carboxylic acids is 2. The van der Waals surface area contributed by atoms with Crippen LogP contribution in [0.25, 0.3) is 0 Å². The van der Waals surface area contributed by atoms with Crippen LogP contribution in [-0.2, 0) is 0 Å². The Morgan fingerprint density at radius 3 is 2.03 bits per heavy atom. The van der Waals surface area contributed by atoms with Gasteiger partial charge in [0.25, 0.3) is 17.5 Å². The Labute approximate surface area is 183 Å². The van der Waals surface area contributed by atoms with Gasteiger partial charge in [-0.25, -0.2) is 0 Å². The zero-order valence-corrected chi connectivity index (χ0v) is 17.2. The van der Waals surface area contributed by atoms with Crippen LogP contribution in [-0.4, -0.2) is 21.9 Å². The highest BCUT2D eigenvalue weighted by Crippen LogP contribution is 2.16. The highest BCUT2D eigenvalue weighted by atomic mass is 32.1. The molecule has 0 unspecified atom stereocenters. The van der Waals surface area contributed by atoms with Crippen molar-refractivity contribution in [2.45, 2.75) is 6.92 Å². The van der Waals surface area contributed by atoms with Gasteiger partial charge >= 0.3 is 0 Å². The fraction of sp³-hybridized carbons (Fsp3) is 0.0455. The van der Waals surface area contributed by atoms with Crippen molar-refractivity contribution in [1.82, 2.24) is 5.32 Å². The molecule has 0 heterocycles. The number of hydrogen-bond donors (Lipinski definition) is 3. The Kier molecular flexibility index (Phi) is 6.68. The molecule has 8 nitrogen and oxygen atoms in total. The number of benzene rings is 3. The molecule has 0 aliphatic rings. The standard InChI is InChI=1S/C22H18N4O4S/c1-14-3-2-4-16(13-14)21(28)23-17-7-9-18(10-8-17)24-22(31)25-20(27)15-5-11-19(12-6-15)26(29)30/h2-13H,1H3,(H,23,28)(H2,24,25,27,31). The van der Waals surface area contributed by atoms with E-state index in [-0.39, 0.29) is 22.3 Å². The number of nitrogens with zero attached hydrogens (tertiary/aromatic N) is 1. The van der Waals surface area contributed by atoms with E-state index in [0.717, 1.165) is 5.56 Å². The lowest BCUT2D eigenvalue weighted by atomic mass is 10.1. The lowest BCUT2D eigenvalue weighted by Crippen LogP contribution is -2.34. The zero-order valence-electron chi connectivity index (χ0n) is 16.4. The van der Waals surface area contributed by atoms with Crippen LogP contribution >= 0.6 is 12.2 Å². The van der Waals surface area contributed by atoms with E-state index in [2.05, 4.69) is 16.0 Å². The molecule has 0 radical (unpaired) electrons. The Morgan fingerprint density at radius 1 is 0.839 bits per heavy atom. The fourth-order valence-electron chi connectivity index (χ4n) is 2.70. The molecule has 0 saturated heterocycles. The van der Waals surface area contributed by atoms with Gasteiger partial charge in [0.2, 0.25) is 0 Å². The van der Waals surface area contributed by atoms with E-state index in [9.17, 15) is 19.7 Å². The molecule has 0 spiro atoms. The number of hydrogen-bond acceptors (Lipinski definition) is 5. The third kappa shape index (κ3) is 5.94. The summed E-state index contributed by atoms with van der Waals surface area (Å²) in [6, 6.07) is 19.3. The second-order valence-corrected chi connectivity index (χ2v) is 7.02. The van der Waals surface area contributed by atoms with E-state index < -0.39 is 10.8 Å². The first-order valence-corrected chi connectivity index (χ1v) is 9.57. The molecule has 156 valence electrons. The molecule has 0 aliphatic heterocycles. The number of nitro benzene ring substituents is 1. The summed E-state index contributed by atoms with van der Waals surface area (Å²) in [5, 5.41) is 18.9. The first kappa shape index (κ1) is 21.6. The van der Waals surface area contributed by atoms with Crippen LogP contribution in [0, 0.1) is 17.0 Å². The van der Waals surface area contributed by atoms with Crippen LogP contribution in [0.4, 0.5) is 17.1 Å². The normalized spacial score (nSPS) is 10.1. The van der Waals surface area contributed by atoms with Crippen molar-refractivity contribution in [3.8, 4) is 0 Å². The molecule has 0 bridgehead atoms. The smallest absolute Gasteiger partial charge is 0.269 e. The number of carbonyl (C=O) groups is 2. The van der Waals surface area contributed by atoms with Crippen molar-refractivity contribution >= 4 is 46.2 Å². The summed E-state index contributed by atoms with van der Waals surface area (Å²) < 4.78 is 0. The monoisotopic (exact) mass is 434 g/mol. The number of nitrogens with one attached hydrogen (secondary N) is 3. The number of thiocarbonyl (C=S) groups is 1. The molecule has 0 aromatic heterocycles. The molecule has 3 N–H and O–H groups in total. The molecule has 9 heteroatoms. The van der Waals surface area contributed by atoms with Gasteiger partial charge in [-0.05, 0) is 67.7 Å². The Hall–Kier alpha value is -4.11. The molecule has 0 saturated carbocycles. The number of non-ortho nitro benzene ring substituents is 1. The van der Waals surface area contributed by atoms with Crippen LogP contribution in [0.1, 0.15) is 26.3 Å². The van der Waals surface area contributed by atoms with E-state index >= 15 is 0 Å². The lowest BCUT2D eigenvalue weighted by molar-refractivity contribution is -0.384. The van der Waals surface area contributed by atoms with Gasteiger partial charge in [0.1, 0.15) is 0 Å². The van der Waals surface area contributed by atoms with E-state index in [1.807, 2.05) is 19.1 Å². The van der Waals surface area contributed by atoms with Crippen LogP contribution in [0.5, 0.6) is 0 Å². The Morgan fingerprint density at radius 2 is 1.45 bits per heavy atom. The van der Waals surface area contributed by atoms with Gasteiger partial charge in [-0.1, -0.05) is 17.7 Å². The van der Waals surface area contributed by atoms with Gasteiger partial charge in [-0.2, -0.15) is 0 Å². The Bertz CT molecular complexity index is 1140. The van der Waals surface area contributed by atoms with Gasteiger partial charge < -0.3 is 10.6 Å². The predicted molar refractivity (Wildman–Crippen MR) is 122 cm³/mol. The number of anilines is 2. The third-order valence-electron chi connectivity index (χ3n) is 4.25. The predicted octanol–water partition coefficient (Wildman–Crippen LogP) is 4.28. The van der Waals surface area contributed by atoms with Crippen molar-refractivity contribution in [3.63, 3.8) is 0 Å². The van der Waals surface area contributed by atoms with Crippen LogP contribution < -0.4 is 16.0 Å². The third-order valence-corrected chi connectivity index (χ3v) is 4.45. The highest BCUT2D eigenvalue weighted by Gasteiger charge is 2.11. The maximum Gasteiger partial charge on any atom is 0.269 e. The molecule has 3 rings (SSSR count). The maximum absolute atomic E-state index is 12.3. The second kappa shape index (κ2) is 9.59. The first-order chi connectivity index (χ1) is 14.8. The summed E-state index contributed by atoms with van der Waals surface area (Å²) in [5.74, 6) is -0.704. The minimum absolute atomic E-state index is 0.0694. The van der Waals surface area contributed by atoms with E-state index in [4.69, 9.17) is 12.2 Å². The summed E-state index contributed by atoms with van der Waals surface area (Å²) in [6.07, 6.45) is 0. The quantitative estimate of drug-likeness (QED) is 0.314. The van der Waals surface area contributed by atoms with Crippen LogP contribution in [0.15, 0.2) is 72.8 Å². The molecule has 0 atom stereocenters. The maximum atomic E-state index is 12.3. The largest absolute Gasteiger partial charge is 0.332 e. The Balaban J connectivity index is 1.55. The molecule has 3 aromatic rings. The molecule has 0 aliphatic carbocycles. The summed E-state index contributed by atoms with van der Waals surface area (Å²) in [7, 11) is 0. The second-order valence-electron chi connectivity index (χ2n) is 6.61. The summed E-state index contributed by atoms with van der Waals surface area (Å²) >= 11 is 5.14. The first-order valence-electron chi connectivity index (χ1n) is 9.17. The number of rotatable bonds is 5. The van der Waals surface area contributed by atoms with Crippen LogP contribution in [0.3, 0.4) is 0 Å². The topological polar surface area (TPSA) is 113 Å². The molecule has 0 fully saturated rings.